The summed E-state index contributed by atoms with van der Waals surface area (Å²) >= 11 is 0. The minimum absolute atomic E-state index is 0.264. The molecule has 2 aromatic rings. The van der Waals surface area contributed by atoms with E-state index in [4.69, 9.17) is 5.11 Å². The molecule has 0 radical (unpaired) electrons. The van der Waals surface area contributed by atoms with Gasteiger partial charge in [0.15, 0.2) is 0 Å². The third kappa shape index (κ3) is 2.74. The van der Waals surface area contributed by atoms with E-state index in [-0.39, 0.29) is 11.8 Å². The third-order valence-electron chi connectivity index (χ3n) is 3.43. The highest BCUT2D eigenvalue weighted by Gasteiger charge is 2.32. The van der Waals surface area contributed by atoms with Gasteiger partial charge in [-0.15, -0.1) is 13.2 Å². The fourth-order valence-electron chi connectivity index (χ4n) is 2.73. The van der Waals surface area contributed by atoms with Crippen molar-refractivity contribution in [2.45, 2.75) is 25.2 Å². The van der Waals surface area contributed by atoms with Gasteiger partial charge in [-0.2, -0.15) is 0 Å². The van der Waals surface area contributed by atoms with Gasteiger partial charge < -0.3 is 20.1 Å². The second-order valence-corrected chi connectivity index (χ2v) is 4.89. The first-order valence-corrected chi connectivity index (χ1v) is 6.20. The van der Waals surface area contributed by atoms with Crippen molar-refractivity contribution in [3.63, 3.8) is 0 Å². The molecule has 0 saturated heterocycles. The number of aromatic nitrogens is 1. The molecule has 1 atom stereocenters. The van der Waals surface area contributed by atoms with Crippen molar-refractivity contribution < 1.29 is 27.8 Å². The zero-order chi connectivity index (χ0) is 15.2. The topological polar surface area (TPSA) is 74.4 Å². The van der Waals surface area contributed by atoms with Gasteiger partial charge in [0.05, 0.1) is 0 Å². The number of hydrogen-bond donors (Lipinski definition) is 3. The number of carbonyl (C=O) groups is 1. The van der Waals surface area contributed by atoms with Gasteiger partial charge in [-0.1, -0.05) is 0 Å². The second kappa shape index (κ2) is 4.57. The summed E-state index contributed by atoms with van der Waals surface area (Å²) in [6, 6.07) is 3.82. The van der Waals surface area contributed by atoms with Gasteiger partial charge in [-0.3, -0.25) is 0 Å². The quantitative estimate of drug-likeness (QED) is 0.798. The maximum Gasteiger partial charge on any atom is 0.573 e. The molecule has 5 nitrogen and oxygen atoms in total. The SMILES string of the molecule is O=C(O)NC1Cc2[nH]c3ccc(OC(F)(F)F)cc3c2C1. The van der Waals surface area contributed by atoms with E-state index < -0.39 is 12.5 Å². The lowest BCUT2D eigenvalue weighted by Gasteiger charge is -2.10. The van der Waals surface area contributed by atoms with Gasteiger partial charge in [-0.05, 0) is 30.2 Å². The fraction of sp³-hybridized carbons (Fsp3) is 0.308. The van der Waals surface area contributed by atoms with Gasteiger partial charge in [0.1, 0.15) is 5.75 Å². The Hall–Kier alpha value is -2.38. The minimum Gasteiger partial charge on any atom is -0.465 e. The molecule has 8 heteroatoms. The van der Waals surface area contributed by atoms with Gasteiger partial charge in [0.25, 0.3) is 0 Å². The molecule has 0 aliphatic heterocycles. The van der Waals surface area contributed by atoms with Crippen LogP contribution in [-0.2, 0) is 12.8 Å². The van der Waals surface area contributed by atoms with Crippen LogP contribution in [0.4, 0.5) is 18.0 Å². The zero-order valence-electron chi connectivity index (χ0n) is 10.6. The molecule has 1 unspecified atom stereocenters. The molecule has 1 aliphatic rings. The van der Waals surface area contributed by atoms with E-state index in [1.165, 1.54) is 18.2 Å². The number of amides is 1. The Morgan fingerprint density at radius 2 is 2.14 bits per heavy atom. The van der Waals surface area contributed by atoms with E-state index >= 15 is 0 Å². The molecular formula is C13H11F3N2O3. The summed E-state index contributed by atoms with van der Waals surface area (Å²) in [5.74, 6) is -0.286. The number of H-pyrrole nitrogens is 1. The van der Waals surface area contributed by atoms with Crippen LogP contribution < -0.4 is 10.1 Å². The summed E-state index contributed by atoms with van der Waals surface area (Å²) in [4.78, 5) is 13.7. The van der Waals surface area contributed by atoms with Crippen LogP contribution >= 0.6 is 0 Å². The summed E-state index contributed by atoms with van der Waals surface area (Å²) in [6.45, 7) is 0. The average Bonchev–Trinajstić information content (AvgIpc) is 2.83. The number of halogens is 3. The molecule has 1 heterocycles. The average molecular weight is 300 g/mol. The third-order valence-corrected chi connectivity index (χ3v) is 3.43. The Balaban J connectivity index is 1.91. The lowest BCUT2D eigenvalue weighted by Crippen LogP contribution is -2.34. The van der Waals surface area contributed by atoms with E-state index in [0.29, 0.717) is 23.7 Å². The van der Waals surface area contributed by atoms with Gasteiger partial charge >= 0.3 is 12.5 Å². The van der Waals surface area contributed by atoms with Crippen LogP contribution in [0.3, 0.4) is 0 Å². The zero-order valence-corrected chi connectivity index (χ0v) is 10.6. The standard InChI is InChI=1S/C13H11F3N2O3/c14-13(15,16)21-7-1-2-10-9(5-7)8-3-6(17-12(19)20)4-11(8)18-10/h1-2,5-6,17-18H,3-4H2,(H,19,20). The smallest absolute Gasteiger partial charge is 0.465 e. The molecule has 1 amide bonds. The molecule has 3 rings (SSSR count). The molecule has 0 fully saturated rings. The molecule has 1 aliphatic carbocycles. The lowest BCUT2D eigenvalue weighted by molar-refractivity contribution is -0.274. The van der Waals surface area contributed by atoms with E-state index in [9.17, 15) is 18.0 Å². The van der Waals surface area contributed by atoms with Gasteiger partial charge in [0.2, 0.25) is 0 Å². The number of rotatable bonds is 2. The largest absolute Gasteiger partial charge is 0.573 e. The highest BCUT2D eigenvalue weighted by Crippen LogP contribution is 2.33. The maximum absolute atomic E-state index is 12.2. The minimum atomic E-state index is -4.74. The predicted molar refractivity (Wildman–Crippen MR) is 67.3 cm³/mol. The lowest BCUT2D eigenvalue weighted by atomic mass is 10.1. The van der Waals surface area contributed by atoms with Crippen molar-refractivity contribution in [1.82, 2.24) is 10.3 Å². The van der Waals surface area contributed by atoms with Gasteiger partial charge in [-0.25, -0.2) is 4.79 Å². The number of benzene rings is 1. The van der Waals surface area contributed by atoms with Crippen LogP contribution in [0.1, 0.15) is 11.3 Å². The number of carboxylic acid groups (broad SMARTS) is 1. The summed E-state index contributed by atoms with van der Waals surface area (Å²) in [7, 11) is 0. The van der Waals surface area contributed by atoms with Crippen molar-refractivity contribution in [2.24, 2.45) is 0 Å². The first kappa shape index (κ1) is 13.6. The second-order valence-electron chi connectivity index (χ2n) is 4.89. The van der Waals surface area contributed by atoms with Gasteiger partial charge in [0, 0.05) is 29.1 Å². The molecule has 0 saturated carbocycles. The Morgan fingerprint density at radius 3 is 2.81 bits per heavy atom. The van der Waals surface area contributed by atoms with Crippen LogP contribution in [0.5, 0.6) is 5.75 Å². The Kier molecular flexibility index (Phi) is 2.96. The summed E-state index contributed by atoms with van der Waals surface area (Å²) < 4.78 is 40.6. The molecule has 1 aromatic heterocycles. The molecule has 21 heavy (non-hydrogen) atoms. The fourth-order valence-corrected chi connectivity index (χ4v) is 2.73. The number of aromatic amines is 1. The van der Waals surface area contributed by atoms with E-state index in [1.807, 2.05) is 0 Å². The maximum atomic E-state index is 12.2. The van der Waals surface area contributed by atoms with E-state index in [2.05, 4.69) is 15.0 Å². The number of nitrogens with one attached hydrogen (secondary N) is 2. The first-order chi connectivity index (χ1) is 9.82. The van der Waals surface area contributed by atoms with Crippen LogP contribution in [0, 0.1) is 0 Å². The number of fused-ring (bicyclic) bond motifs is 3. The number of alkyl halides is 3. The Labute approximate surface area is 116 Å². The van der Waals surface area contributed by atoms with Crippen LogP contribution in [-0.4, -0.2) is 28.6 Å². The Bertz CT molecular complexity index is 708. The molecule has 1 aromatic carbocycles. The van der Waals surface area contributed by atoms with E-state index in [0.717, 1.165) is 11.3 Å². The molecular weight excluding hydrogens is 289 g/mol. The van der Waals surface area contributed by atoms with Crippen LogP contribution in [0.25, 0.3) is 10.9 Å². The normalized spacial score (nSPS) is 17.8. The molecule has 112 valence electrons. The first-order valence-electron chi connectivity index (χ1n) is 6.20. The number of hydrogen-bond acceptors (Lipinski definition) is 2. The summed E-state index contributed by atoms with van der Waals surface area (Å²) in [6.07, 6.45) is -4.92. The van der Waals surface area contributed by atoms with Crippen LogP contribution in [0.15, 0.2) is 18.2 Å². The summed E-state index contributed by atoms with van der Waals surface area (Å²) in [5, 5.41) is 11.7. The van der Waals surface area contributed by atoms with Crippen molar-refractivity contribution in [1.29, 1.82) is 0 Å². The van der Waals surface area contributed by atoms with Crippen molar-refractivity contribution in [2.75, 3.05) is 0 Å². The molecule has 0 spiro atoms. The van der Waals surface area contributed by atoms with Crippen molar-refractivity contribution in [3.8, 4) is 5.75 Å². The van der Waals surface area contributed by atoms with Crippen molar-refractivity contribution in [3.05, 3.63) is 29.5 Å². The highest BCUT2D eigenvalue weighted by atomic mass is 19.4. The Morgan fingerprint density at radius 1 is 1.38 bits per heavy atom. The monoisotopic (exact) mass is 300 g/mol. The number of ether oxygens (including phenoxy) is 1. The van der Waals surface area contributed by atoms with E-state index in [1.54, 1.807) is 0 Å². The van der Waals surface area contributed by atoms with Crippen molar-refractivity contribution >= 4 is 17.0 Å². The highest BCUT2D eigenvalue weighted by molar-refractivity contribution is 5.87. The molecule has 3 N–H and O–H groups in total. The molecule has 0 bridgehead atoms. The van der Waals surface area contributed by atoms with Crippen LogP contribution in [0.2, 0.25) is 0 Å². The predicted octanol–water partition coefficient (Wildman–Crippen LogP) is 2.80. The summed E-state index contributed by atoms with van der Waals surface area (Å²) in [5.41, 5.74) is 2.38.